The fraction of sp³-hybridized carbons (Fsp3) is 0.647. The lowest BCUT2D eigenvalue weighted by molar-refractivity contribution is 0.121. The third-order valence-corrected chi connectivity index (χ3v) is 4.98. The number of hydrogen-bond acceptors (Lipinski definition) is 4. The molecule has 2 N–H and O–H groups in total. The highest BCUT2D eigenvalue weighted by molar-refractivity contribution is 5.43. The van der Waals surface area contributed by atoms with Crippen LogP contribution in [0.2, 0.25) is 0 Å². The third-order valence-electron chi connectivity index (χ3n) is 4.98. The van der Waals surface area contributed by atoms with Gasteiger partial charge in [-0.1, -0.05) is 12.8 Å². The van der Waals surface area contributed by atoms with Crippen molar-refractivity contribution < 1.29 is 14.6 Å². The molecule has 0 amide bonds. The predicted octanol–water partition coefficient (Wildman–Crippen LogP) is 2.66. The first-order valence-corrected chi connectivity index (χ1v) is 7.91. The summed E-state index contributed by atoms with van der Waals surface area (Å²) in [4.78, 5) is 0. The van der Waals surface area contributed by atoms with Gasteiger partial charge in [-0.3, -0.25) is 0 Å². The normalized spacial score (nSPS) is 23.4. The molecule has 1 aliphatic carbocycles. The van der Waals surface area contributed by atoms with Crippen LogP contribution in [-0.2, 0) is 0 Å². The Bertz CT molecular complexity index is 483. The van der Waals surface area contributed by atoms with E-state index >= 15 is 0 Å². The van der Waals surface area contributed by atoms with Crippen LogP contribution in [0.1, 0.15) is 43.7 Å². The molecule has 0 bridgehead atoms. The molecule has 0 radical (unpaired) electrons. The van der Waals surface area contributed by atoms with E-state index in [-0.39, 0.29) is 18.1 Å². The number of methoxy groups -OCH3 is 1. The monoisotopic (exact) mass is 291 g/mol. The van der Waals surface area contributed by atoms with Gasteiger partial charge in [0.25, 0.3) is 0 Å². The van der Waals surface area contributed by atoms with Crippen LogP contribution in [0.4, 0.5) is 0 Å². The van der Waals surface area contributed by atoms with Crippen LogP contribution in [0, 0.1) is 5.41 Å². The second kappa shape index (κ2) is 6.24. The summed E-state index contributed by atoms with van der Waals surface area (Å²) in [6, 6.07) is 6.27. The fourth-order valence-electron chi connectivity index (χ4n) is 3.57. The number of nitrogens with one attached hydrogen (secondary N) is 1. The van der Waals surface area contributed by atoms with Gasteiger partial charge >= 0.3 is 0 Å². The average Bonchev–Trinajstić information content (AvgIpc) is 3.02. The van der Waals surface area contributed by atoms with E-state index in [1.165, 1.54) is 18.4 Å². The predicted molar refractivity (Wildman–Crippen MR) is 81.8 cm³/mol. The SMILES string of the molecule is COc1ccc2c(c1)C(NCC1(CO)CCCC1)CCO2. The molecule has 1 atom stereocenters. The maximum atomic E-state index is 9.74. The zero-order valence-corrected chi connectivity index (χ0v) is 12.7. The Morgan fingerprint density at radius 2 is 2.19 bits per heavy atom. The van der Waals surface area contributed by atoms with E-state index in [2.05, 4.69) is 11.4 Å². The summed E-state index contributed by atoms with van der Waals surface area (Å²) in [6.07, 6.45) is 5.69. The first-order valence-electron chi connectivity index (χ1n) is 7.91. The maximum absolute atomic E-state index is 9.74. The van der Waals surface area contributed by atoms with Crippen molar-refractivity contribution >= 4 is 0 Å². The molecule has 0 spiro atoms. The number of aliphatic hydroxyl groups excluding tert-OH is 1. The van der Waals surface area contributed by atoms with Crippen molar-refractivity contribution in [2.75, 3.05) is 26.9 Å². The van der Waals surface area contributed by atoms with E-state index in [0.29, 0.717) is 0 Å². The highest BCUT2D eigenvalue weighted by Gasteiger charge is 2.34. The highest BCUT2D eigenvalue weighted by atomic mass is 16.5. The summed E-state index contributed by atoms with van der Waals surface area (Å²) in [5.41, 5.74) is 1.25. The molecule has 4 nitrogen and oxygen atoms in total. The summed E-state index contributed by atoms with van der Waals surface area (Å²) in [7, 11) is 1.69. The van der Waals surface area contributed by atoms with Gasteiger partial charge in [0.15, 0.2) is 0 Å². The highest BCUT2D eigenvalue weighted by Crippen LogP contribution is 2.39. The molecule has 1 aromatic carbocycles. The molecule has 1 fully saturated rings. The molecule has 116 valence electrons. The summed E-state index contributed by atoms with van der Waals surface area (Å²) in [5, 5.41) is 13.4. The van der Waals surface area contributed by atoms with Gasteiger partial charge in [-0.2, -0.15) is 0 Å². The number of fused-ring (bicyclic) bond motifs is 1. The van der Waals surface area contributed by atoms with Crippen LogP contribution in [0.3, 0.4) is 0 Å². The fourth-order valence-corrected chi connectivity index (χ4v) is 3.57. The molecule has 21 heavy (non-hydrogen) atoms. The van der Waals surface area contributed by atoms with E-state index in [1.807, 2.05) is 12.1 Å². The molecule has 1 heterocycles. The minimum atomic E-state index is 0.0807. The zero-order chi connectivity index (χ0) is 14.7. The van der Waals surface area contributed by atoms with Crippen LogP contribution in [0.15, 0.2) is 18.2 Å². The largest absolute Gasteiger partial charge is 0.497 e. The Hall–Kier alpha value is -1.26. The lowest BCUT2D eigenvalue weighted by atomic mass is 9.86. The van der Waals surface area contributed by atoms with E-state index in [0.717, 1.165) is 43.9 Å². The van der Waals surface area contributed by atoms with E-state index in [9.17, 15) is 5.11 Å². The molecule has 3 rings (SSSR count). The molecule has 0 aromatic heterocycles. The Balaban J connectivity index is 1.72. The lowest BCUT2D eigenvalue weighted by Gasteiger charge is -2.32. The van der Waals surface area contributed by atoms with E-state index < -0.39 is 0 Å². The smallest absolute Gasteiger partial charge is 0.124 e. The van der Waals surface area contributed by atoms with Gasteiger partial charge in [0.2, 0.25) is 0 Å². The van der Waals surface area contributed by atoms with Crippen LogP contribution in [0.5, 0.6) is 11.5 Å². The van der Waals surface area contributed by atoms with E-state index in [1.54, 1.807) is 7.11 Å². The van der Waals surface area contributed by atoms with Gasteiger partial charge in [-0.05, 0) is 31.0 Å². The van der Waals surface area contributed by atoms with Gasteiger partial charge in [0.1, 0.15) is 11.5 Å². The van der Waals surface area contributed by atoms with Gasteiger partial charge in [-0.25, -0.2) is 0 Å². The van der Waals surface area contributed by atoms with Crippen molar-refractivity contribution in [2.24, 2.45) is 5.41 Å². The molecule has 2 aliphatic rings. The second-order valence-corrected chi connectivity index (χ2v) is 6.34. The summed E-state index contributed by atoms with van der Waals surface area (Å²) in [5.74, 6) is 1.81. The van der Waals surface area contributed by atoms with Crippen molar-refractivity contribution in [1.82, 2.24) is 5.32 Å². The first kappa shape index (κ1) is 14.7. The molecule has 1 aliphatic heterocycles. The molecular formula is C17H25NO3. The zero-order valence-electron chi connectivity index (χ0n) is 12.7. The molecule has 0 saturated heterocycles. The van der Waals surface area contributed by atoms with Crippen molar-refractivity contribution in [3.63, 3.8) is 0 Å². The summed E-state index contributed by atoms with van der Waals surface area (Å²) < 4.78 is 11.1. The summed E-state index contributed by atoms with van der Waals surface area (Å²) >= 11 is 0. The van der Waals surface area contributed by atoms with Crippen molar-refractivity contribution in [3.05, 3.63) is 23.8 Å². The minimum Gasteiger partial charge on any atom is -0.497 e. The number of ether oxygens (including phenoxy) is 2. The number of aliphatic hydroxyl groups is 1. The van der Waals surface area contributed by atoms with Crippen molar-refractivity contribution in [3.8, 4) is 11.5 Å². The summed E-state index contributed by atoms with van der Waals surface area (Å²) in [6.45, 7) is 1.90. The van der Waals surface area contributed by atoms with Crippen LogP contribution < -0.4 is 14.8 Å². The lowest BCUT2D eigenvalue weighted by Crippen LogP contribution is -2.38. The Kier molecular flexibility index (Phi) is 4.36. The van der Waals surface area contributed by atoms with Crippen molar-refractivity contribution in [1.29, 1.82) is 0 Å². The Morgan fingerprint density at radius 1 is 1.38 bits per heavy atom. The van der Waals surface area contributed by atoms with Crippen LogP contribution >= 0.6 is 0 Å². The number of hydrogen-bond donors (Lipinski definition) is 2. The number of benzene rings is 1. The molecule has 1 saturated carbocycles. The maximum Gasteiger partial charge on any atom is 0.124 e. The average molecular weight is 291 g/mol. The second-order valence-electron chi connectivity index (χ2n) is 6.34. The standard InChI is InChI=1S/C17H25NO3/c1-20-13-4-5-16-14(10-13)15(6-9-21-16)18-11-17(12-19)7-2-3-8-17/h4-5,10,15,18-19H,2-3,6-9,11-12H2,1H3. The van der Waals surface area contributed by atoms with Crippen molar-refractivity contribution in [2.45, 2.75) is 38.1 Å². The van der Waals surface area contributed by atoms with Gasteiger partial charge in [0, 0.05) is 36.6 Å². The third kappa shape index (κ3) is 3.01. The molecular weight excluding hydrogens is 266 g/mol. The van der Waals surface area contributed by atoms with Gasteiger partial charge < -0.3 is 19.9 Å². The number of rotatable bonds is 5. The quantitative estimate of drug-likeness (QED) is 0.875. The Labute approximate surface area is 126 Å². The molecule has 1 unspecified atom stereocenters. The first-order chi connectivity index (χ1) is 10.3. The van der Waals surface area contributed by atoms with E-state index in [4.69, 9.17) is 9.47 Å². The van der Waals surface area contributed by atoms with Gasteiger partial charge in [-0.15, -0.1) is 0 Å². The molecule has 1 aromatic rings. The van der Waals surface area contributed by atoms with Gasteiger partial charge in [0.05, 0.1) is 13.7 Å². The minimum absolute atomic E-state index is 0.0807. The molecule has 4 heteroatoms. The van der Waals surface area contributed by atoms with Crippen LogP contribution in [0.25, 0.3) is 0 Å². The Morgan fingerprint density at radius 3 is 2.90 bits per heavy atom. The van der Waals surface area contributed by atoms with Crippen LogP contribution in [-0.4, -0.2) is 32.0 Å². The topological polar surface area (TPSA) is 50.7 Å².